The minimum absolute atomic E-state index is 0.0807. The zero-order valence-electron chi connectivity index (χ0n) is 14.9. The van der Waals surface area contributed by atoms with E-state index in [4.69, 9.17) is 0 Å². The molecular weight excluding hydrogens is 282 g/mol. The third-order valence-electron chi connectivity index (χ3n) is 4.46. The van der Waals surface area contributed by atoms with E-state index in [0.29, 0.717) is 13.0 Å². The zero-order chi connectivity index (χ0) is 17.0. The topological polar surface area (TPSA) is 29.1 Å². The highest BCUT2D eigenvalue weighted by atomic mass is 16.1. The highest BCUT2D eigenvalue weighted by Crippen LogP contribution is 2.25. The second kappa shape index (κ2) is 6.99. The molecule has 2 aromatic rings. The number of hydrogen-bond donors (Lipinski definition) is 1. The van der Waals surface area contributed by atoms with Crippen molar-refractivity contribution in [2.24, 2.45) is 0 Å². The molecule has 0 fully saturated rings. The van der Waals surface area contributed by atoms with E-state index in [1.54, 1.807) is 0 Å². The van der Waals surface area contributed by atoms with Crippen molar-refractivity contribution in [1.82, 2.24) is 5.32 Å². The van der Waals surface area contributed by atoms with Crippen LogP contribution in [-0.4, -0.2) is 12.5 Å². The molecule has 0 heterocycles. The van der Waals surface area contributed by atoms with E-state index in [2.05, 4.69) is 76.3 Å². The van der Waals surface area contributed by atoms with Gasteiger partial charge in [-0.1, -0.05) is 61.9 Å². The number of carbonyl (C=O) groups excluding carboxylic acids is 1. The van der Waals surface area contributed by atoms with E-state index in [-0.39, 0.29) is 11.3 Å². The number of aryl methyl sites for hydroxylation is 3. The molecule has 0 atom stereocenters. The summed E-state index contributed by atoms with van der Waals surface area (Å²) in [7, 11) is 0. The lowest BCUT2D eigenvalue weighted by Gasteiger charge is -2.27. The van der Waals surface area contributed by atoms with Crippen LogP contribution >= 0.6 is 0 Å². The molecule has 2 aromatic carbocycles. The van der Waals surface area contributed by atoms with E-state index >= 15 is 0 Å². The maximum atomic E-state index is 12.3. The van der Waals surface area contributed by atoms with Gasteiger partial charge in [0.05, 0.1) is 6.42 Å². The Bertz CT molecular complexity index is 701. The maximum absolute atomic E-state index is 12.3. The van der Waals surface area contributed by atoms with Gasteiger partial charge in [-0.25, -0.2) is 0 Å². The van der Waals surface area contributed by atoms with Crippen molar-refractivity contribution in [3.63, 3.8) is 0 Å². The molecule has 0 saturated heterocycles. The average molecular weight is 309 g/mol. The van der Waals surface area contributed by atoms with Gasteiger partial charge in [-0.2, -0.15) is 0 Å². The number of hydrogen-bond acceptors (Lipinski definition) is 1. The molecule has 2 nitrogen and oxygen atoms in total. The van der Waals surface area contributed by atoms with Crippen LogP contribution < -0.4 is 5.32 Å². The molecule has 23 heavy (non-hydrogen) atoms. The van der Waals surface area contributed by atoms with Crippen LogP contribution in [0.1, 0.15) is 41.7 Å². The first-order chi connectivity index (χ1) is 10.8. The standard InChI is InChI=1S/C21H27NO/c1-15-10-11-16(2)18(12-15)13-20(23)22-14-21(4,5)19-9-7-6-8-17(19)3/h6-12H,13-14H2,1-5H3,(H,22,23). The van der Waals surface area contributed by atoms with Crippen molar-refractivity contribution in [3.8, 4) is 0 Å². The van der Waals surface area contributed by atoms with Crippen molar-refractivity contribution < 1.29 is 4.79 Å². The Labute approximate surface area is 139 Å². The van der Waals surface area contributed by atoms with Crippen molar-refractivity contribution in [2.45, 2.75) is 46.5 Å². The van der Waals surface area contributed by atoms with Gasteiger partial charge in [0.15, 0.2) is 0 Å². The van der Waals surface area contributed by atoms with E-state index in [1.807, 2.05) is 6.07 Å². The molecule has 0 bridgehead atoms. The normalized spacial score (nSPS) is 11.3. The van der Waals surface area contributed by atoms with E-state index in [0.717, 1.165) is 5.56 Å². The van der Waals surface area contributed by atoms with Crippen LogP contribution in [0, 0.1) is 20.8 Å². The minimum Gasteiger partial charge on any atom is -0.355 e. The summed E-state index contributed by atoms with van der Waals surface area (Å²) in [4.78, 5) is 12.3. The summed E-state index contributed by atoms with van der Waals surface area (Å²) in [5.74, 6) is 0.0837. The van der Waals surface area contributed by atoms with Crippen LogP contribution in [0.5, 0.6) is 0 Å². The van der Waals surface area contributed by atoms with Gasteiger partial charge in [-0.3, -0.25) is 4.79 Å². The Morgan fingerprint density at radius 3 is 2.39 bits per heavy atom. The van der Waals surface area contributed by atoms with Gasteiger partial charge < -0.3 is 5.32 Å². The number of benzene rings is 2. The third kappa shape index (κ3) is 4.44. The molecular formula is C21H27NO. The quantitative estimate of drug-likeness (QED) is 0.879. The number of rotatable bonds is 5. The molecule has 0 aliphatic rings. The van der Waals surface area contributed by atoms with Crippen LogP contribution in [-0.2, 0) is 16.6 Å². The predicted octanol–water partition coefficient (Wildman–Crippen LogP) is 4.25. The lowest BCUT2D eigenvalue weighted by molar-refractivity contribution is -0.120. The number of carbonyl (C=O) groups is 1. The van der Waals surface area contributed by atoms with E-state index in [1.165, 1.54) is 22.3 Å². The summed E-state index contributed by atoms with van der Waals surface area (Å²) in [5.41, 5.74) is 5.94. The Morgan fingerprint density at radius 1 is 1.00 bits per heavy atom. The Hall–Kier alpha value is -2.09. The predicted molar refractivity (Wildman–Crippen MR) is 96.8 cm³/mol. The molecule has 0 saturated carbocycles. The first kappa shape index (κ1) is 17.3. The van der Waals surface area contributed by atoms with Gasteiger partial charge in [0, 0.05) is 12.0 Å². The van der Waals surface area contributed by atoms with Crippen molar-refractivity contribution in [3.05, 3.63) is 70.3 Å². The molecule has 2 rings (SSSR count). The molecule has 1 N–H and O–H groups in total. The van der Waals surface area contributed by atoms with Gasteiger partial charge in [0.2, 0.25) is 5.91 Å². The fraction of sp³-hybridized carbons (Fsp3) is 0.381. The largest absolute Gasteiger partial charge is 0.355 e. The van der Waals surface area contributed by atoms with Crippen LogP contribution in [0.25, 0.3) is 0 Å². The Morgan fingerprint density at radius 2 is 1.70 bits per heavy atom. The third-order valence-corrected chi connectivity index (χ3v) is 4.46. The average Bonchev–Trinajstić information content (AvgIpc) is 2.49. The summed E-state index contributed by atoms with van der Waals surface area (Å²) < 4.78 is 0. The lowest BCUT2D eigenvalue weighted by Crippen LogP contribution is -2.37. The first-order valence-corrected chi connectivity index (χ1v) is 8.18. The molecule has 2 heteroatoms. The molecule has 0 unspecified atom stereocenters. The summed E-state index contributed by atoms with van der Waals surface area (Å²) in [6, 6.07) is 14.6. The molecule has 0 aliphatic carbocycles. The summed E-state index contributed by atoms with van der Waals surface area (Å²) >= 11 is 0. The van der Waals surface area contributed by atoms with Crippen molar-refractivity contribution in [2.75, 3.05) is 6.54 Å². The molecule has 0 spiro atoms. The highest BCUT2D eigenvalue weighted by molar-refractivity contribution is 5.79. The molecule has 0 aromatic heterocycles. The van der Waals surface area contributed by atoms with Gasteiger partial charge in [-0.05, 0) is 43.0 Å². The SMILES string of the molecule is Cc1ccc(C)c(CC(=O)NCC(C)(C)c2ccccc2C)c1. The summed E-state index contributed by atoms with van der Waals surface area (Å²) in [5, 5.41) is 3.10. The molecule has 122 valence electrons. The maximum Gasteiger partial charge on any atom is 0.224 e. The minimum atomic E-state index is -0.0807. The fourth-order valence-corrected chi connectivity index (χ4v) is 2.97. The number of amides is 1. The van der Waals surface area contributed by atoms with Gasteiger partial charge in [0.25, 0.3) is 0 Å². The van der Waals surface area contributed by atoms with E-state index < -0.39 is 0 Å². The van der Waals surface area contributed by atoms with Crippen LogP contribution in [0.15, 0.2) is 42.5 Å². The van der Waals surface area contributed by atoms with Crippen molar-refractivity contribution in [1.29, 1.82) is 0 Å². The second-order valence-electron chi connectivity index (χ2n) is 7.08. The lowest BCUT2D eigenvalue weighted by atomic mass is 9.82. The first-order valence-electron chi connectivity index (χ1n) is 8.18. The highest BCUT2D eigenvalue weighted by Gasteiger charge is 2.23. The van der Waals surface area contributed by atoms with Crippen LogP contribution in [0.4, 0.5) is 0 Å². The van der Waals surface area contributed by atoms with Crippen molar-refractivity contribution >= 4 is 5.91 Å². The van der Waals surface area contributed by atoms with Crippen LogP contribution in [0.2, 0.25) is 0 Å². The summed E-state index contributed by atoms with van der Waals surface area (Å²) in [6.45, 7) is 11.2. The second-order valence-corrected chi connectivity index (χ2v) is 7.08. The van der Waals surface area contributed by atoms with Crippen LogP contribution in [0.3, 0.4) is 0 Å². The summed E-state index contributed by atoms with van der Waals surface area (Å²) in [6.07, 6.45) is 0.442. The fourth-order valence-electron chi connectivity index (χ4n) is 2.97. The monoisotopic (exact) mass is 309 g/mol. The zero-order valence-corrected chi connectivity index (χ0v) is 14.9. The Balaban J connectivity index is 2.01. The molecule has 0 radical (unpaired) electrons. The van der Waals surface area contributed by atoms with Gasteiger partial charge in [0.1, 0.15) is 0 Å². The molecule has 1 amide bonds. The molecule has 0 aliphatic heterocycles. The van der Waals surface area contributed by atoms with Gasteiger partial charge >= 0.3 is 0 Å². The van der Waals surface area contributed by atoms with E-state index in [9.17, 15) is 4.79 Å². The van der Waals surface area contributed by atoms with Gasteiger partial charge in [-0.15, -0.1) is 0 Å². The Kier molecular flexibility index (Phi) is 5.25. The number of nitrogens with one attached hydrogen (secondary N) is 1. The smallest absolute Gasteiger partial charge is 0.224 e.